The molecule has 0 bridgehead atoms. The minimum atomic E-state index is 0.472. The van der Waals surface area contributed by atoms with Crippen LogP contribution < -0.4 is 4.90 Å². The van der Waals surface area contributed by atoms with Gasteiger partial charge in [-0.1, -0.05) is 13.8 Å². The highest BCUT2D eigenvalue weighted by Gasteiger charge is 2.05. The molecule has 4 nitrogen and oxygen atoms in total. The number of nitrogens with zero attached hydrogens (tertiary/aromatic N) is 4. The van der Waals surface area contributed by atoms with Crippen molar-refractivity contribution in [2.75, 3.05) is 19.0 Å². The van der Waals surface area contributed by atoms with Crippen LogP contribution in [0.3, 0.4) is 0 Å². The van der Waals surface area contributed by atoms with Crippen LogP contribution >= 0.6 is 0 Å². The highest BCUT2D eigenvalue weighted by Crippen LogP contribution is 2.22. The van der Waals surface area contributed by atoms with E-state index in [-0.39, 0.29) is 0 Å². The third kappa shape index (κ3) is 2.64. The average molecular weight is 242 g/mol. The number of pyridine rings is 1. The van der Waals surface area contributed by atoms with Crippen LogP contribution in [0.25, 0.3) is 11.1 Å². The zero-order chi connectivity index (χ0) is 13.1. The minimum absolute atomic E-state index is 0.472. The second kappa shape index (κ2) is 5.12. The fourth-order valence-electron chi connectivity index (χ4n) is 1.63. The summed E-state index contributed by atoms with van der Waals surface area (Å²) in [5, 5.41) is 0. The Morgan fingerprint density at radius 3 is 2.17 bits per heavy atom. The molecule has 4 heteroatoms. The zero-order valence-electron chi connectivity index (χ0n) is 11.3. The van der Waals surface area contributed by atoms with Gasteiger partial charge in [0.15, 0.2) is 0 Å². The van der Waals surface area contributed by atoms with Crippen LogP contribution in [0, 0.1) is 0 Å². The van der Waals surface area contributed by atoms with E-state index in [1.54, 1.807) is 0 Å². The van der Waals surface area contributed by atoms with Gasteiger partial charge in [0.25, 0.3) is 0 Å². The molecule has 0 spiro atoms. The summed E-state index contributed by atoms with van der Waals surface area (Å²) in [6, 6.07) is 2.14. The molecule has 2 rings (SSSR count). The van der Waals surface area contributed by atoms with Gasteiger partial charge in [-0.2, -0.15) is 0 Å². The maximum Gasteiger partial charge on any atom is 0.224 e. The van der Waals surface area contributed by atoms with Crippen molar-refractivity contribution < 1.29 is 0 Å². The molecule has 2 aromatic heterocycles. The monoisotopic (exact) mass is 242 g/mol. The van der Waals surface area contributed by atoms with Gasteiger partial charge in [-0.25, -0.2) is 9.97 Å². The molecule has 0 radical (unpaired) electrons. The minimum Gasteiger partial charge on any atom is -0.347 e. The third-order valence-corrected chi connectivity index (χ3v) is 2.80. The molecule has 0 aliphatic rings. The number of aromatic nitrogens is 3. The van der Waals surface area contributed by atoms with Gasteiger partial charge in [0.2, 0.25) is 5.95 Å². The Kier molecular flexibility index (Phi) is 3.55. The van der Waals surface area contributed by atoms with Crippen LogP contribution in [-0.2, 0) is 0 Å². The maximum absolute atomic E-state index is 4.32. The molecule has 0 fully saturated rings. The van der Waals surface area contributed by atoms with Gasteiger partial charge in [-0.15, -0.1) is 0 Å². The van der Waals surface area contributed by atoms with Crippen LogP contribution in [0.2, 0.25) is 0 Å². The number of rotatable bonds is 3. The van der Waals surface area contributed by atoms with Gasteiger partial charge in [0, 0.05) is 50.0 Å². The van der Waals surface area contributed by atoms with Crippen LogP contribution in [-0.4, -0.2) is 29.0 Å². The quantitative estimate of drug-likeness (QED) is 0.830. The molecule has 0 unspecified atom stereocenters. The fourth-order valence-corrected chi connectivity index (χ4v) is 1.63. The van der Waals surface area contributed by atoms with E-state index in [1.165, 1.54) is 5.56 Å². The molecular formula is C14H18N4. The first kappa shape index (κ1) is 12.5. The smallest absolute Gasteiger partial charge is 0.224 e. The second-order valence-corrected chi connectivity index (χ2v) is 4.83. The second-order valence-electron chi connectivity index (χ2n) is 4.83. The molecule has 18 heavy (non-hydrogen) atoms. The Balaban J connectivity index is 2.33. The lowest BCUT2D eigenvalue weighted by atomic mass is 10.0. The molecule has 2 heterocycles. The molecule has 0 saturated carbocycles. The molecule has 0 aliphatic carbocycles. The van der Waals surface area contributed by atoms with E-state index >= 15 is 0 Å². The summed E-state index contributed by atoms with van der Waals surface area (Å²) in [5.74, 6) is 1.19. The van der Waals surface area contributed by atoms with E-state index in [1.807, 2.05) is 43.8 Å². The van der Waals surface area contributed by atoms with Gasteiger partial charge >= 0.3 is 0 Å². The molecule has 0 saturated heterocycles. The highest BCUT2D eigenvalue weighted by molar-refractivity contribution is 5.61. The van der Waals surface area contributed by atoms with Crippen molar-refractivity contribution in [2.24, 2.45) is 0 Å². The Bertz CT molecular complexity index is 518. The van der Waals surface area contributed by atoms with Gasteiger partial charge in [0.05, 0.1) is 0 Å². The van der Waals surface area contributed by atoms with Gasteiger partial charge < -0.3 is 4.90 Å². The zero-order valence-corrected chi connectivity index (χ0v) is 11.3. The first-order valence-corrected chi connectivity index (χ1v) is 6.02. The van der Waals surface area contributed by atoms with E-state index in [9.17, 15) is 0 Å². The molecular weight excluding hydrogens is 224 g/mol. The Morgan fingerprint density at radius 1 is 0.944 bits per heavy atom. The molecule has 0 atom stereocenters. The number of hydrogen-bond acceptors (Lipinski definition) is 4. The van der Waals surface area contributed by atoms with E-state index in [0.29, 0.717) is 11.9 Å². The molecule has 0 aliphatic heterocycles. The highest BCUT2D eigenvalue weighted by atomic mass is 15.2. The van der Waals surface area contributed by atoms with Crippen molar-refractivity contribution in [2.45, 2.75) is 19.8 Å². The fraction of sp³-hybridized carbons (Fsp3) is 0.357. The summed E-state index contributed by atoms with van der Waals surface area (Å²) < 4.78 is 0. The molecule has 0 amide bonds. The van der Waals surface area contributed by atoms with E-state index < -0.39 is 0 Å². The molecule has 0 N–H and O–H groups in total. The van der Waals surface area contributed by atoms with Crippen LogP contribution in [0.15, 0.2) is 30.9 Å². The Morgan fingerprint density at radius 2 is 1.61 bits per heavy atom. The summed E-state index contributed by atoms with van der Waals surface area (Å²) in [6.45, 7) is 4.32. The van der Waals surface area contributed by atoms with Crippen molar-refractivity contribution in [3.05, 3.63) is 36.4 Å². The van der Waals surface area contributed by atoms with Crippen LogP contribution in [0.1, 0.15) is 25.3 Å². The summed E-state index contributed by atoms with van der Waals surface area (Å²) in [7, 11) is 3.85. The van der Waals surface area contributed by atoms with Crippen LogP contribution in [0.4, 0.5) is 5.95 Å². The summed E-state index contributed by atoms with van der Waals surface area (Å²) in [5.41, 5.74) is 3.28. The van der Waals surface area contributed by atoms with E-state index in [0.717, 1.165) is 11.1 Å². The van der Waals surface area contributed by atoms with Crippen molar-refractivity contribution in [1.29, 1.82) is 0 Å². The van der Waals surface area contributed by atoms with Gasteiger partial charge in [0.1, 0.15) is 0 Å². The SMILES string of the molecule is CC(C)c1cncc(-c2cnc(N(C)C)nc2)c1. The first-order chi connectivity index (χ1) is 8.58. The largest absolute Gasteiger partial charge is 0.347 e. The third-order valence-electron chi connectivity index (χ3n) is 2.80. The number of hydrogen-bond donors (Lipinski definition) is 0. The van der Waals surface area contributed by atoms with Crippen LogP contribution in [0.5, 0.6) is 0 Å². The molecule has 94 valence electrons. The van der Waals surface area contributed by atoms with Crippen molar-refractivity contribution in [3.63, 3.8) is 0 Å². The van der Waals surface area contributed by atoms with Crippen molar-refractivity contribution >= 4 is 5.95 Å². The maximum atomic E-state index is 4.32. The molecule has 0 aromatic carbocycles. The lowest BCUT2D eigenvalue weighted by Crippen LogP contribution is -2.12. The Hall–Kier alpha value is -1.97. The van der Waals surface area contributed by atoms with Crippen molar-refractivity contribution in [3.8, 4) is 11.1 Å². The van der Waals surface area contributed by atoms with E-state index in [4.69, 9.17) is 0 Å². The lowest BCUT2D eigenvalue weighted by molar-refractivity contribution is 0.858. The number of anilines is 1. The predicted molar refractivity (Wildman–Crippen MR) is 73.7 cm³/mol. The predicted octanol–water partition coefficient (Wildman–Crippen LogP) is 2.73. The summed E-state index contributed by atoms with van der Waals surface area (Å²) in [6.07, 6.45) is 7.43. The van der Waals surface area contributed by atoms with Gasteiger partial charge in [-0.05, 0) is 17.5 Å². The molecule has 2 aromatic rings. The summed E-state index contributed by atoms with van der Waals surface area (Å²) >= 11 is 0. The average Bonchev–Trinajstić information content (AvgIpc) is 2.39. The lowest BCUT2D eigenvalue weighted by Gasteiger charge is -2.10. The normalized spacial score (nSPS) is 10.7. The van der Waals surface area contributed by atoms with Gasteiger partial charge in [-0.3, -0.25) is 4.98 Å². The standard InChI is InChI=1S/C14H18N4/c1-10(2)11-5-12(7-15-6-11)13-8-16-14(17-9-13)18(3)4/h5-10H,1-4H3. The summed E-state index contributed by atoms with van der Waals surface area (Å²) in [4.78, 5) is 14.8. The Labute approximate surface area is 108 Å². The first-order valence-electron chi connectivity index (χ1n) is 6.02. The van der Waals surface area contributed by atoms with E-state index in [2.05, 4.69) is 34.9 Å². The van der Waals surface area contributed by atoms with Crippen molar-refractivity contribution in [1.82, 2.24) is 15.0 Å². The topological polar surface area (TPSA) is 41.9 Å².